The number of carbonyl (C=O) groups excluding carboxylic acids is 2. The van der Waals surface area contributed by atoms with Gasteiger partial charge in [-0.3, -0.25) is 9.59 Å². The highest BCUT2D eigenvalue weighted by molar-refractivity contribution is 5.93. The number of nitrogens with zero attached hydrogens (tertiary/aromatic N) is 1. The van der Waals surface area contributed by atoms with E-state index in [-0.39, 0.29) is 11.3 Å². The Bertz CT molecular complexity index is 1060. The van der Waals surface area contributed by atoms with Gasteiger partial charge in [0.25, 0.3) is 0 Å². The Morgan fingerprint density at radius 2 is 1.82 bits per heavy atom. The fraction of sp³-hybridized carbons (Fsp3) is 0.613. The maximum absolute atomic E-state index is 13.1. The number of Topliss-reactive ketones (excluding diaryl/α,β-unsaturated/α-hetero) is 1. The summed E-state index contributed by atoms with van der Waals surface area (Å²) in [5.74, 6) is 3.18. The van der Waals surface area contributed by atoms with E-state index in [1.807, 2.05) is 13.0 Å². The van der Waals surface area contributed by atoms with Gasteiger partial charge in [-0.15, -0.1) is 0 Å². The molecule has 0 N–H and O–H groups in total. The molecule has 0 aromatic heterocycles. The highest BCUT2D eigenvalue weighted by Crippen LogP contribution is 2.67. The van der Waals surface area contributed by atoms with Crippen LogP contribution in [0.4, 0.5) is 5.69 Å². The normalized spacial score (nSPS) is 37.0. The molecule has 4 aliphatic carbocycles. The molecule has 182 valence electrons. The molecule has 1 aromatic rings. The zero-order chi connectivity index (χ0) is 24.4. The topological polar surface area (TPSA) is 37.4 Å². The van der Waals surface area contributed by atoms with Crippen molar-refractivity contribution in [1.82, 2.24) is 0 Å². The first-order valence-electron chi connectivity index (χ1n) is 13.4. The molecule has 0 saturated heterocycles. The lowest BCUT2D eigenvalue weighted by molar-refractivity contribution is -0.127. The molecular formula is C31H41NO2. The standard InChI is InChI=1S/C31H41NO2/c1-7-20-15-28-26-14-18(2)25-16-23(34)12-13-24(25)29(26)27(17-31(28,4)30(20)19(3)33)21-8-10-22(11-9-21)32(5)6/h8-11,16,18,20,26-28,30H,7,12-15,17H2,1-6H3/t18-,20-,26+,27-,28+,30+,31+/m1/s1. The molecule has 0 bridgehead atoms. The summed E-state index contributed by atoms with van der Waals surface area (Å²) in [5.41, 5.74) is 7.06. The minimum absolute atomic E-state index is 0.0392. The van der Waals surface area contributed by atoms with Crippen molar-refractivity contribution in [2.45, 2.75) is 72.1 Å². The van der Waals surface area contributed by atoms with Crippen molar-refractivity contribution in [3.05, 3.63) is 52.6 Å². The van der Waals surface area contributed by atoms with Gasteiger partial charge in [-0.1, -0.05) is 44.9 Å². The maximum Gasteiger partial charge on any atom is 0.156 e. The van der Waals surface area contributed by atoms with Gasteiger partial charge in [0.15, 0.2) is 5.78 Å². The van der Waals surface area contributed by atoms with Gasteiger partial charge in [0.05, 0.1) is 0 Å². The van der Waals surface area contributed by atoms with E-state index < -0.39 is 0 Å². The lowest BCUT2D eigenvalue weighted by atomic mass is 9.50. The Labute approximate surface area is 205 Å². The van der Waals surface area contributed by atoms with Crippen molar-refractivity contribution in [2.75, 3.05) is 19.0 Å². The predicted molar refractivity (Wildman–Crippen MR) is 139 cm³/mol. The van der Waals surface area contributed by atoms with Crippen molar-refractivity contribution in [2.24, 2.45) is 35.0 Å². The molecule has 0 spiro atoms. The first-order valence-corrected chi connectivity index (χ1v) is 13.4. The maximum atomic E-state index is 13.1. The second-order valence-electron chi connectivity index (χ2n) is 12.1. The van der Waals surface area contributed by atoms with E-state index in [1.54, 1.807) is 5.57 Å². The number of benzene rings is 1. The van der Waals surface area contributed by atoms with Crippen LogP contribution in [0.15, 0.2) is 47.1 Å². The summed E-state index contributed by atoms with van der Waals surface area (Å²) in [6.45, 7) is 8.88. The molecule has 4 aliphatic rings. The zero-order valence-electron chi connectivity index (χ0n) is 21.9. The lowest BCUT2D eigenvalue weighted by Gasteiger charge is -2.53. The summed E-state index contributed by atoms with van der Waals surface area (Å²) in [5, 5.41) is 0. The second kappa shape index (κ2) is 8.50. The number of ketones is 2. The van der Waals surface area contributed by atoms with E-state index in [0.717, 1.165) is 25.7 Å². The number of carbonyl (C=O) groups is 2. The van der Waals surface area contributed by atoms with Crippen molar-refractivity contribution in [1.29, 1.82) is 0 Å². The molecule has 0 aliphatic heterocycles. The van der Waals surface area contributed by atoms with E-state index in [2.05, 4.69) is 64.0 Å². The number of fused-ring (bicyclic) bond motifs is 4. The first kappa shape index (κ1) is 23.6. The molecular weight excluding hydrogens is 418 g/mol. The summed E-state index contributed by atoms with van der Waals surface area (Å²) in [6, 6.07) is 9.11. The average molecular weight is 460 g/mol. The van der Waals surface area contributed by atoms with E-state index in [1.165, 1.54) is 28.8 Å². The molecule has 0 unspecified atom stereocenters. The molecule has 7 atom stereocenters. The summed E-state index contributed by atoms with van der Waals surface area (Å²) >= 11 is 0. The van der Waals surface area contributed by atoms with Crippen LogP contribution in [0, 0.1) is 35.0 Å². The Morgan fingerprint density at radius 1 is 1.12 bits per heavy atom. The van der Waals surface area contributed by atoms with Gasteiger partial charge in [-0.25, -0.2) is 0 Å². The van der Waals surface area contributed by atoms with Gasteiger partial charge in [0.1, 0.15) is 5.78 Å². The summed E-state index contributed by atoms with van der Waals surface area (Å²) < 4.78 is 0. The van der Waals surface area contributed by atoms with E-state index in [4.69, 9.17) is 0 Å². The smallest absolute Gasteiger partial charge is 0.156 e. The first-order chi connectivity index (χ1) is 16.2. The predicted octanol–water partition coefficient (Wildman–Crippen LogP) is 6.74. The van der Waals surface area contributed by atoms with Crippen molar-refractivity contribution in [3.8, 4) is 0 Å². The van der Waals surface area contributed by atoms with Gasteiger partial charge < -0.3 is 4.90 Å². The van der Waals surface area contributed by atoms with Crippen LogP contribution >= 0.6 is 0 Å². The van der Waals surface area contributed by atoms with Crippen LogP contribution in [-0.2, 0) is 9.59 Å². The third-order valence-electron chi connectivity index (χ3n) is 10.0. The van der Waals surface area contributed by atoms with Crippen LogP contribution in [0.3, 0.4) is 0 Å². The Hall–Kier alpha value is -2.16. The van der Waals surface area contributed by atoms with Gasteiger partial charge in [0, 0.05) is 38.0 Å². The van der Waals surface area contributed by atoms with Crippen LogP contribution in [0.25, 0.3) is 0 Å². The Balaban J connectivity index is 1.69. The monoisotopic (exact) mass is 459 g/mol. The number of anilines is 1. The number of allylic oxidation sites excluding steroid dienone is 4. The van der Waals surface area contributed by atoms with Crippen molar-refractivity contribution >= 4 is 17.3 Å². The molecule has 0 radical (unpaired) electrons. The van der Waals surface area contributed by atoms with E-state index >= 15 is 0 Å². The largest absolute Gasteiger partial charge is 0.378 e. The van der Waals surface area contributed by atoms with Gasteiger partial charge >= 0.3 is 0 Å². The summed E-state index contributed by atoms with van der Waals surface area (Å²) in [7, 11) is 4.17. The van der Waals surface area contributed by atoms with Crippen molar-refractivity contribution in [3.63, 3.8) is 0 Å². The van der Waals surface area contributed by atoms with E-state index in [0.29, 0.717) is 47.6 Å². The van der Waals surface area contributed by atoms with Crippen LogP contribution in [0.2, 0.25) is 0 Å². The lowest BCUT2D eigenvalue weighted by Crippen LogP contribution is -2.46. The highest BCUT2D eigenvalue weighted by atomic mass is 16.1. The number of hydrogen-bond donors (Lipinski definition) is 0. The third-order valence-corrected chi connectivity index (χ3v) is 10.0. The fourth-order valence-corrected chi connectivity index (χ4v) is 8.64. The molecule has 34 heavy (non-hydrogen) atoms. The Morgan fingerprint density at radius 3 is 2.44 bits per heavy atom. The molecule has 2 fully saturated rings. The minimum atomic E-state index is 0.0392. The van der Waals surface area contributed by atoms with Crippen LogP contribution in [0.1, 0.15) is 77.7 Å². The Kier molecular flexibility index (Phi) is 5.89. The SMILES string of the molecule is CC[C@@H]1C[C@H]2[C@@H]3C[C@@H](C)C4=CC(=O)CCC4=C3[C@@H](c3ccc(N(C)C)cc3)C[C@]2(C)[C@H]1C(C)=O. The zero-order valence-corrected chi connectivity index (χ0v) is 21.9. The molecule has 0 amide bonds. The molecule has 2 saturated carbocycles. The third kappa shape index (κ3) is 3.53. The van der Waals surface area contributed by atoms with Crippen molar-refractivity contribution < 1.29 is 9.59 Å². The number of rotatable bonds is 4. The molecule has 0 heterocycles. The highest BCUT2D eigenvalue weighted by Gasteiger charge is 2.60. The molecule has 3 nitrogen and oxygen atoms in total. The average Bonchev–Trinajstić information content (AvgIpc) is 3.11. The van der Waals surface area contributed by atoms with Gasteiger partial charge in [-0.05, 0) is 96.6 Å². The molecule has 3 heteroatoms. The molecule has 1 aromatic carbocycles. The second-order valence-corrected chi connectivity index (χ2v) is 12.1. The quantitative estimate of drug-likeness (QED) is 0.500. The number of hydrogen-bond acceptors (Lipinski definition) is 3. The van der Waals surface area contributed by atoms with Crippen LogP contribution < -0.4 is 4.90 Å². The fourth-order valence-electron chi connectivity index (χ4n) is 8.64. The van der Waals surface area contributed by atoms with Crippen LogP contribution in [-0.4, -0.2) is 25.7 Å². The molecule has 5 rings (SSSR count). The summed E-state index contributed by atoms with van der Waals surface area (Å²) in [6.07, 6.45) is 7.93. The van der Waals surface area contributed by atoms with Gasteiger partial charge in [0.2, 0.25) is 0 Å². The van der Waals surface area contributed by atoms with E-state index in [9.17, 15) is 9.59 Å². The summed E-state index contributed by atoms with van der Waals surface area (Å²) in [4.78, 5) is 27.6. The van der Waals surface area contributed by atoms with Crippen LogP contribution in [0.5, 0.6) is 0 Å². The van der Waals surface area contributed by atoms with Gasteiger partial charge in [-0.2, -0.15) is 0 Å². The minimum Gasteiger partial charge on any atom is -0.378 e.